The van der Waals surface area contributed by atoms with Crippen LogP contribution in [0.1, 0.15) is 52.9 Å². The summed E-state index contributed by atoms with van der Waals surface area (Å²) in [6, 6.07) is 0.203. The molecule has 0 aliphatic heterocycles. The summed E-state index contributed by atoms with van der Waals surface area (Å²) in [5.74, 6) is 0.592. The van der Waals surface area contributed by atoms with Crippen LogP contribution in [0, 0.1) is 5.92 Å². The molecule has 1 unspecified atom stereocenters. The van der Waals surface area contributed by atoms with Crippen LogP contribution in [0.15, 0.2) is 0 Å². The van der Waals surface area contributed by atoms with Gasteiger partial charge in [0.25, 0.3) is 0 Å². The minimum absolute atomic E-state index is 0.0241. The molecule has 4 heteroatoms. The summed E-state index contributed by atoms with van der Waals surface area (Å²) in [5.41, 5.74) is 0. The van der Waals surface area contributed by atoms with Crippen molar-refractivity contribution < 1.29 is 4.79 Å². The molecule has 0 rings (SSSR count). The first-order valence-corrected chi connectivity index (χ1v) is 7.64. The molecule has 0 aromatic heterocycles. The van der Waals surface area contributed by atoms with E-state index in [2.05, 4.69) is 36.3 Å². The number of unbranched alkanes of at least 4 members (excludes halogenated alkanes) is 3. The Balaban J connectivity index is 3.88. The van der Waals surface area contributed by atoms with Crippen LogP contribution in [0.5, 0.6) is 0 Å². The molecule has 0 aromatic carbocycles. The molecule has 0 heterocycles. The molecule has 0 aromatic rings. The van der Waals surface area contributed by atoms with Gasteiger partial charge in [0, 0.05) is 19.1 Å². The topological polar surface area (TPSA) is 44.4 Å². The molecular formula is C15H33N3O. The Morgan fingerprint density at radius 3 is 2.37 bits per heavy atom. The zero-order valence-electron chi connectivity index (χ0n) is 13.5. The number of rotatable bonds is 10. The van der Waals surface area contributed by atoms with Crippen LogP contribution in [0.2, 0.25) is 0 Å². The van der Waals surface area contributed by atoms with Crippen molar-refractivity contribution in [2.24, 2.45) is 5.92 Å². The number of hydrogen-bond acceptors (Lipinski definition) is 2. The summed E-state index contributed by atoms with van der Waals surface area (Å²) in [7, 11) is 4.08. The molecule has 114 valence electrons. The maximum absolute atomic E-state index is 11.8. The Bertz CT molecular complexity index is 219. The van der Waals surface area contributed by atoms with E-state index in [0.717, 1.165) is 25.9 Å². The summed E-state index contributed by atoms with van der Waals surface area (Å²) in [4.78, 5) is 13.9. The normalized spacial score (nSPS) is 12.8. The van der Waals surface area contributed by atoms with Gasteiger partial charge in [0.15, 0.2) is 0 Å². The highest BCUT2D eigenvalue weighted by Crippen LogP contribution is 2.05. The van der Waals surface area contributed by atoms with Crippen LogP contribution < -0.4 is 10.6 Å². The van der Waals surface area contributed by atoms with Crippen molar-refractivity contribution in [2.75, 3.05) is 27.2 Å². The van der Waals surface area contributed by atoms with Crippen molar-refractivity contribution >= 4 is 6.03 Å². The van der Waals surface area contributed by atoms with Gasteiger partial charge in [0.05, 0.1) is 0 Å². The van der Waals surface area contributed by atoms with Crippen molar-refractivity contribution in [3.8, 4) is 0 Å². The van der Waals surface area contributed by atoms with Gasteiger partial charge in [-0.15, -0.1) is 0 Å². The molecular weight excluding hydrogens is 238 g/mol. The zero-order valence-corrected chi connectivity index (χ0v) is 13.5. The highest BCUT2D eigenvalue weighted by atomic mass is 16.2. The third-order valence-corrected chi connectivity index (χ3v) is 2.99. The zero-order chi connectivity index (χ0) is 14.7. The number of amides is 2. The number of nitrogens with zero attached hydrogens (tertiary/aromatic N) is 1. The first-order valence-electron chi connectivity index (χ1n) is 7.64. The lowest BCUT2D eigenvalue weighted by molar-refractivity contribution is 0.228. The van der Waals surface area contributed by atoms with Gasteiger partial charge < -0.3 is 15.5 Å². The molecule has 0 saturated carbocycles. The summed E-state index contributed by atoms with van der Waals surface area (Å²) in [6.07, 6.45) is 5.76. The lowest BCUT2D eigenvalue weighted by Crippen LogP contribution is -2.47. The van der Waals surface area contributed by atoms with Gasteiger partial charge in [0.1, 0.15) is 0 Å². The Labute approximate surface area is 119 Å². The third kappa shape index (κ3) is 12.0. The first kappa shape index (κ1) is 18.2. The van der Waals surface area contributed by atoms with Gasteiger partial charge in [-0.05, 0) is 32.9 Å². The van der Waals surface area contributed by atoms with E-state index < -0.39 is 0 Å². The standard InChI is InChI=1S/C15H33N3O/c1-6-7-8-9-10-16-15(19)17-14(11-13(2)3)12-18(4)5/h13-14H,6-12H2,1-5H3,(H2,16,17,19). The second-order valence-electron chi connectivity index (χ2n) is 6.05. The molecule has 0 bridgehead atoms. The van der Waals surface area contributed by atoms with Gasteiger partial charge in [-0.1, -0.05) is 40.0 Å². The molecule has 2 amide bonds. The van der Waals surface area contributed by atoms with Crippen molar-refractivity contribution in [2.45, 2.75) is 58.9 Å². The summed E-state index contributed by atoms with van der Waals surface area (Å²) in [5, 5.41) is 6.03. The highest BCUT2D eigenvalue weighted by molar-refractivity contribution is 5.74. The van der Waals surface area contributed by atoms with E-state index in [-0.39, 0.29) is 12.1 Å². The van der Waals surface area contributed by atoms with Gasteiger partial charge in [-0.25, -0.2) is 4.79 Å². The number of likely N-dealkylation sites (N-methyl/N-ethyl adjacent to an activating group) is 1. The van der Waals surface area contributed by atoms with Crippen LogP contribution in [0.25, 0.3) is 0 Å². The largest absolute Gasteiger partial charge is 0.338 e. The van der Waals surface area contributed by atoms with Crippen molar-refractivity contribution in [3.05, 3.63) is 0 Å². The fourth-order valence-electron chi connectivity index (χ4n) is 2.18. The number of urea groups is 1. The molecule has 0 aliphatic carbocycles. The van der Waals surface area contributed by atoms with Crippen LogP contribution in [0.3, 0.4) is 0 Å². The summed E-state index contributed by atoms with van der Waals surface area (Å²) < 4.78 is 0. The quantitative estimate of drug-likeness (QED) is 0.600. The van der Waals surface area contributed by atoms with Crippen molar-refractivity contribution in [3.63, 3.8) is 0 Å². The summed E-state index contributed by atoms with van der Waals surface area (Å²) in [6.45, 7) is 8.24. The van der Waals surface area contributed by atoms with Crippen LogP contribution in [-0.4, -0.2) is 44.2 Å². The maximum Gasteiger partial charge on any atom is 0.315 e. The van der Waals surface area contributed by atoms with E-state index in [1.165, 1.54) is 19.3 Å². The van der Waals surface area contributed by atoms with Crippen LogP contribution >= 0.6 is 0 Å². The highest BCUT2D eigenvalue weighted by Gasteiger charge is 2.14. The SMILES string of the molecule is CCCCCCNC(=O)NC(CC(C)C)CN(C)C. The molecule has 4 nitrogen and oxygen atoms in total. The van der Waals surface area contributed by atoms with Gasteiger partial charge >= 0.3 is 6.03 Å². The predicted octanol–water partition coefficient (Wildman–Crippen LogP) is 2.84. The fraction of sp³-hybridized carbons (Fsp3) is 0.933. The average molecular weight is 271 g/mol. The summed E-state index contributed by atoms with van der Waals surface area (Å²) >= 11 is 0. The van der Waals surface area contributed by atoms with Gasteiger partial charge in [0.2, 0.25) is 0 Å². The van der Waals surface area contributed by atoms with Crippen molar-refractivity contribution in [1.82, 2.24) is 15.5 Å². The molecule has 0 fully saturated rings. The monoisotopic (exact) mass is 271 g/mol. The second-order valence-corrected chi connectivity index (χ2v) is 6.05. The lowest BCUT2D eigenvalue weighted by atomic mass is 10.0. The van der Waals surface area contributed by atoms with E-state index in [0.29, 0.717) is 5.92 Å². The first-order chi connectivity index (χ1) is 8.95. The van der Waals surface area contributed by atoms with E-state index in [4.69, 9.17) is 0 Å². The van der Waals surface area contributed by atoms with Crippen LogP contribution in [0.4, 0.5) is 4.79 Å². The van der Waals surface area contributed by atoms with Gasteiger partial charge in [-0.2, -0.15) is 0 Å². The Morgan fingerprint density at radius 2 is 1.84 bits per heavy atom. The van der Waals surface area contributed by atoms with Crippen LogP contribution in [-0.2, 0) is 0 Å². The predicted molar refractivity (Wildman–Crippen MR) is 82.5 cm³/mol. The maximum atomic E-state index is 11.8. The number of carbonyl (C=O) groups excluding carboxylic acids is 1. The Morgan fingerprint density at radius 1 is 1.16 bits per heavy atom. The number of carbonyl (C=O) groups is 1. The lowest BCUT2D eigenvalue weighted by Gasteiger charge is -2.24. The molecule has 19 heavy (non-hydrogen) atoms. The minimum Gasteiger partial charge on any atom is -0.338 e. The molecule has 1 atom stereocenters. The van der Waals surface area contributed by atoms with E-state index in [1.54, 1.807) is 0 Å². The van der Waals surface area contributed by atoms with E-state index in [1.807, 2.05) is 14.1 Å². The molecule has 0 saturated heterocycles. The number of hydrogen-bond donors (Lipinski definition) is 2. The second kappa shape index (κ2) is 11.1. The fourth-order valence-corrected chi connectivity index (χ4v) is 2.18. The van der Waals surface area contributed by atoms with Gasteiger partial charge in [-0.3, -0.25) is 0 Å². The molecule has 0 aliphatic rings. The third-order valence-electron chi connectivity index (χ3n) is 2.99. The molecule has 0 radical (unpaired) electrons. The minimum atomic E-state index is -0.0241. The van der Waals surface area contributed by atoms with E-state index >= 15 is 0 Å². The van der Waals surface area contributed by atoms with Crippen molar-refractivity contribution in [1.29, 1.82) is 0 Å². The van der Waals surface area contributed by atoms with E-state index in [9.17, 15) is 4.79 Å². The smallest absolute Gasteiger partial charge is 0.315 e. The average Bonchev–Trinajstić information content (AvgIpc) is 2.26. The molecule has 0 spiro atoms. The molecule has 2 N–H and O–H groups in total. The Hall–Kier alpha value is -0.770. The Kier molecular flexibility index (Phi) is 10.6. The number of nitrogens with one attached hydrogen (secondary N) is 2.